The van der Waals surface area contributed by atoms with E-state index >= 15 is 0 Å². The number of ether oxygens (including phenoxy) is 1. The van der Waals surface area contributed by atoms with Gasteiger partial charge in [0.05, 0.1) is 12.6 Å². The zero-order chi connectivity index (χ0) is 11.3. The third-order valence-corrected chi connectivity index (χ3v) is 2.14. The number of hydroxylamine groups is 1. The lowest BCUT2D eigenvalue weighted by Gasteiger charge is -2.12. The summed E-state index contributed by atoms with van der Waals surface area (Å²) in [6.45, 7) is 6.83. The number of nitrogens with one attached hydrogen (secondary N) is 1. The second-order valence-corrected chi connectivity index (χ2v) is 4.13. The molecule has 1 aromatic rings. The first-order chi connectivity index (χ1) is 7.13. The van der Waals surface area contributed by atoms with E-state index in [0.717, 1.165) is 11.3 Å². The SMILES string of the molecule is CC(C)COc1cccc([C@@H](C)NO)c1. The summed E-state index contributed by atoms with van der Waals surface area (Å²) in [5.74, 6) is 1.37. The van der Waals surface area contributed by atoms with Crippen molar-refractivity contribution in [1.82, 2.24) is 5.48 Å². The molecule has 3 heteroatoms. The Balaban J connectivity index is 2.65. The fourth-order valence-electron chi connectivity index (χ4n) is 1.21. The predicted molar refractivity (Wildman–Crippen MR) is 60.1 cm³/mol. The van der Waals surface area contributed by atoms with Crippen molar-refractivity contribution in [2.24, 2.45) is 5.92 Å². The summed E-state index contributed by atoms with van der Waals surface area (Å²) in [4.78, 5) is 0. The minimum absolute atomic E-state index is 0.0763. The number of hydrogen-bond acceptors (Lipinski definition) is 3. The molecule has 0 saturated heterocycles. The molecule has 0 aliphatic carbocycles. The number of hydrogen-bond donors (Lipinski definition) is 2. The van der Waals surface area contributed by atoms with Gasteiger partial charge in [-0.05, 0) is 30.5 Å². The second kappa shape index (κ2) is 5.73. The summed E-state index contributed by atoms with van der Waals surface area (Å²) in [7, 11) is 0. The van der Waals surface area contributed by atoms with E-state index in [2.05, 4.69) is 19.3 Å². The molecular formula is C12H19NO2. The molecule has 0 saturated carbocycles. The Bertz CT molecular complexity index is 299. The van der Waals surface area contributed by atoms with Gasteiger partial charge in [-0.15, -0.1) is 0 Å². The molecule has 2 N–H and O–H groups in total. The van der Waals surface area contributed by atoms with Gasteiger partial charge in [-0.3, -0.25) is 0 Å². The highest BCUT2D eigenvalue weighted by Crippen LogP contribution is 2.19. The van der Waals surface area contributed by atoms with Gasteiger partial charge in [0, 0.05) is 0 Å². The van der Waals surface area contributed by atoms with Gasteiger partial charge in [-0.2, -0.15) is 5.48 Å². The van der Waals surface area contributed by atoms with Crippen LogP contribution in [0.15, 0.2) is 24.3 Å². The minimum atomic E-state index is -0.0763. The van der Waals surface area contributed by atoms with Crippen LogP contribution >= 0.6 is 0 Å². The molecule has 0 bridgehead atoms. The van der Waals surface area contributed by atoms with Crippen LogP contribution in [0.1, 0.15) is 32.4 Å². The molecule has 1 atom stereocenters. The summed E-state index contributed by atoms with van der Waals surface area (Å²) in [6, 6.07) is 7.67. The van der Waals surface area contributed by atoms with Gasteiger partial charge < -0.3 is 9.94 Å². The van der Waals surface area contributed by atoms with E-state index in [9.17, 15) is 0 Å². The maximum absolute atomic E-state index is 8.81. The molecule has 1 rings (SSSR count). The van der Waals surface area contributed by atoms with E-state index < -0.39 is 0 Å². The number of benzene rings is 1. The normalized spacial score (nSPS) is 12.9. The average molecular weight is 209 g/mol. The first-order valence-electron chi connectivity index (χ1n) is 5.26. The lowest BCUT2D eigenvalue weighted by atomic mass is 10.1. The van der Waals surface area contributed by atoms with E-state index in [-0.39, 0.29) is 6.04 Å². The zero-order valence-electron chi connectivity index (χ0n) is 9.53. The molecule has 0 aliphatic heterocycles. The summed E-state index contributed by atoms with van der Waals surface area (Å²) in [6.07, 6.45) is 0. The molecule has 3 nitrogen and oxygen atoms in total. The molecule has 84 valence electrons. The molecule has 0 fully saturated rings. The summed E-state index contributed by atoms with van der Waals surface area (Å²) >= 11 is 0. The van der Waals surface area contributed by atoms with Crippen molar-refractivity contribution in [2.45, 2.75) is 26.8 Å². The van der Waals surface area contributed by atoms with Crippen molar-refractivity contribution in [3.63, 3.8) is 0 Å². The Morgan fingerprint density at radius 3 is 2.67 bits per heavy atom. The van der Waals surface area contributed by atoms with Crippen LogP contribution in [-0.2, 0) is 0 Å². The minimum Gasteiger partial charge on any atom is -0.493 e. The fraction of sp³-hybridized carbons (Fsp3) is 0.500. The Labute approximate surface area is 91.0 Å². The van der Waals surface area contributed by atoms with E-state index in [0.29, 0.717) is 12.5 Å². The Morgan fingerprint density at radius 1 is 1.33 bits per heavy atom. The smallest absolute Gasteiger partial charge is 0.119 e. The van der Waals surface area contributed by atoms with Gasteiger partial charge in [0.25, 0.3) is 0 Å². The van der Waals surface area contributed by atoms with Crippen molar-refractivity contribution in [3.8, 4) is 5.75 Å². The van der Waals surface area contributed by atoms with E-state index in [1.165, 1.54) is 0 Å². The molecule has 0 aliphatic rings. The lowest BCUT2D eigenvalue weighted by Crippen LogP contribution is -2.13. The standard InChI is InChI=1S/C12H19NO2/c1-9(2)8-15-12-6-4-5-11(7-12)10(3)13-14/h4-7,9-10,13-14H,8H2,1-3H3/t10-/m1/s1. The molecule has 0 spiro atoms. The van der Waals surface area contributed by atoms with Gasteiger partial charge in [-0.25, -0.2) is 0 Å². The number of rotatable bonds is 5. The van der Waals surface area contributed by atoms with Gasteiger partial charge in [-0.1, -0.05) is 26.0 Å². The van der Waals surface area contributed by atoms with E-state index in [1.54, 1.807) is 0 Å². The quantitative estimate of drug-likeness (QED) is 0.733. The Hall–Kier alpha value is -1.06. The van der Waals surface area contributed by atoms with Crippen LogP contribution < -0.4 is 10.2 Å². The highest BCUT2D eigenvalue weighted by molar-refractivity contribution is 5.30. The van der Waals surface area contributed by atoms with Crippen molar-refractivity contribution in [1.29, 1.82) is 0 Å². The van der Waals surface area contributed by atoms with Crippen molar-refractivity contribution >= 4 is 0 Å². The maximum atomic E-state index is 8.81. The first kappa shape index (κ1) is 12.0. The Kier molecular flexibility index (Phi) is 4.59. The largest absolute Gasteiger partial charge is 0.493 e. The average Bonchev–Trinajstić information content (AvgIpc) is 2.25. The van der Waals surface area contributed by atoms with Crippen LogP contribution in [-0.4, -0.2) is 11.8 Å². The topological polar surface area (TPSA) is 41.5 Å². The van der Waals surface area contributed by atoms with Crippen LogP contribution in [0.3, 0.4) is 0 Å². The van der Waals surface area contributed by atoms with Gasteiger partial charge in [0.2, 0.25) is 0 Å². The van der Waals surface area contributed by atoms with Crippen molar-refractivity contribution < 1.29 is 9.94 Å². The molecular weight excluding hydrogens is 190 g/mol. The maximum Gasteiger partial charge on any atom is 0.119 e. The van der Waals surface area contributed by atoms with Crippen LogP contribution in [0, 0.1) is 5.92 Å². The van der Waals surface area contributed by atoms with Crippen LogP contribution in [0.2, 0.25) is 0 Å². The summed E-state index contributed by atoms with van der Waals surface area (Å²) < 4.78 is 5.59. The Morgan fingerprint density at radius 2 is 2.07 bits per heavy atom. The summed E-state index contributed by atoms with van der Waals surface area (Å²) in [5.41, 5.74) is 3.23. The van der Waals surface area contributed by atoms with Gasteiger partial charge in [0.1, 0.15) is 5.75 Å². The highest BCUT2D eigenvalue weighted by Gasteiger charge is 2.04. The lowest BCUT2D eigenvalue weighted by molar-refractivity contribution is 0.133. The van der Waals surface area contributed by atoms with Crippen LogP contribution in [0.4, 0.5) is 0 Å². The van der Waals surface area contributed by atoms with E-state index in [1.807, 2.05) is 31.2 Å². The second-order valence-electron chi connectivity index (χ2n) is 4.13. The third-order valence-electron chi connectivity index (χ3n) is 2.14. The predicted octanol–water partition coefficient (Wildman–Crippen LogP) is 2.76. The molecule has 0 radical (unpaired) electrons. The molecule has 0 heterocycles. The third kappa shape index (κ3) is 3.90. The van der Waals surface area contributed by atoms with Gasteiger partial charge >= 0.3 is 0 Å². The first-order valence-corrected chi connectivity index (χ1v) is 5.26. The van der Waals surface area contributed by atoms with Crippen LogP contribution in [0.25, 0.3) is 0 Å². The molecule has 0 aromatic heterocycles. The fourth-order valence-corrected chi connectivity index (χ4v) is 1.21. The van der Waals surface area contributed by atoms with Crippen molar-refractivity contribution in [3.05, 3.63) is 29.8 Å². The highest BCUT2D eigenvalue weighted by atomic mass is 16.5. The molecule has 0 unspecified atom stereocenters. The van der Waals surface area contributed by atoms with Gasteiger partial charge in [0.15, 0.2) is 0 Å². The molecule has 15 heavy (non-hydrogen) atoms. The van der Waals surface area contributed by atoms with E-state index in [4.69, 9.17) is 9.94 Å². The molecule has 1 aromatic carbocycles. The summed E-state index contributed by atoms with van der Waals surface area (Å²) in [5, 5.41) is 8.81. The molecule has 0 amide bonds. The zero-order valence-corrected chi connectivity index (χ0v) is 9.53. The monoisotopic (exact) mass is 209 g/mol. The van der Waals surface area contributed by atoms with Crippen LogP contribution in [0.5, 0.6) is 5.75 Å². The van der Waals surface area contributed by atoms with Crippen molar-refractivity contribution in [2.75, 3.05) is 6.61 Å².